The molecule has 4 rings (SSSR count). The Morgan fingerprint density at radius 2 is 1.90 bits per heavy atom. The molecule has 0 N–H and O–H groups in total. The summed E-state index contributed by atoms with van der Waals surface area (Å²) in [5.41, 5.74) is 0.995. The summed E-state index contributed by atoms with van der Waals surface area (Å²) in [5, 5.41) is 12.4. The van der Waals surface area contributed by atoms with Crippen molar-refractivity contribution in [3.05, 3.63) is 60.4 Å². The lowest BCUT2D eigenvalue weighted by Gasteiger charge is -2.32. The molecule has 0 spiro atoms. The van der Waals surface area contributed by atoms with Gasteiger partial charge in [-0.05, 0) is 36.8 Å². The zero-order chi connectivity index (χ0) is 20.8. The van der Waals surface area contributed by atoms with Crippen LogP contribution in [-0.2, 0) is 11.2 Å². The molecule has 8 heteroatoms. The summed E-state index contributed by atoms with van der Waals surface area (Å²) in [6.45, 7) is 3.95. The average Bonchev–Trinajstić information content (AvgIpc) is 3.31. The van der Waals surface area contributed by atoms with Crippen LogP contribution in [0.5, 0.6) is 11.6 Å². The van der Waals surface area contributed by atoms with Crippen LogP contribution < -0.4 is 9.47 Å². The van der Waals surface area contributed by atoms with Gasteiger partial charge in [0.1, 0.15) is 11.9 Å². The predicted molar refractivity (Wildman–Crippen MR) is 111 cm³/mol. The molecule has 1 amide bonds. The van der Waals surface area contributed by atoms with Gasteiger partial charge in [0.15, 0.2) is 5.82 Å². The molecule has 30 heavy (non-hydrogen) atoms. The maximum Gasteiger partial charge on any atom is 0.233 e. The van der Waals surface area contributed by atoms with E-state index in [0.29, 0.717) is 37.8 Å². The van der Waals surface area contributed by atoms with Gasteiger partial charge >= 0.3 is 0 Å². The van der Waals surface area contributed by atoms with Crippen molar-refractivity contribution in [2.75, 3.05) is 19.7 Å². The molecule has 0 radical (unpaired) electrons. The number of rotatable bonds is 7. The minimum Gasteiger partial charge on any atom is -0.494 e. The van der Waals surface area contributed by atoms with E-state index >= 15 is 0 Å². The van der Waals surface area contributed by atoms with Gasteiger partial charge in [0.25, 0.3) is 0 Å². The van der Waals surface area contributed by atoms with E-state index in [4.69, 9.17) is 9.47 Å². The number of carbonyl (C=O) groups is 1. The average molecular weight is 407 g/mol. The summed E-state index contributed by atoms with van der Waals surface area (Å²) in [6, 6.07) is 13.2. The molecule has 0 bridgehead atoms. The van der Waals surface area contributed by atoms with Gasteiger partial charge in [-0.3, -0.25) is 4.79 Å². The van der Waals surface area contributed by atoms with Crippen LogP contribution in [0.25, 0.3) is 5.82 Å². The number of benzene rings is 1. The van der Waals surface area contributed by atoms with E-state index in [0.717, 1.165) is 24.2 Å². The van der Waals surface area contributed by atoms with Gasteiger partial charge in [-0.2, -0.15) is 5.10 Å². The molecule has 0 atom stereocenters. The van der Waals surface area contributed by atoms with Crippen molar-refractivity contribution in [2.45, 2.75) is 32.3 Å². The number of ether oxygens (including phenoxy) is 2. The molecule has 1 aliphatic heterocycles. The van der Waals surface area contributed by atoms with Crippen molar-refractivity contribution in [3.63, 3.8) is 0 Å². The summed E-state index contributed by atoms with van der Waals surface area (Å²) >= 11 is 0. The number of carbonyl (C=O) groups excluding carboxylic acids is 1. The van der Waals surface area contributed by atoms with Crippen molar-refractivity contribution in [1.29, 1.82) is 0 Å². The van der Waals surface area contributed by atoms with E-state index in [-0.39, 0.29) is 12.0 Å². The van der Waals surface area contributed by atoms with Crippen LogP contribution in [0.4, 0.5) is 0 Å². The third-order valence-corrected chi connectivity index (χ3v) is 5.04. The number of likely N-dealkylation sites (tertiary alicyclic amines) is 1. The van der Waals surface area contributed by atoms with Gasteiger partial charge in [0.2, 0.25) is 11.8 Å². The molecule has 3 aromatic rings. The molecule has 0 saturated carbocycles. The fourth-order valence-corrected chi connectivity index (χ4v) is 3.45. The topological polar surface area (TPSA) is 82.4 Å². The number of nitrogens with zero attached hydrogens (tertiary/aromatic N) is 5. The first-order chi connectivity index (χ1) is 14.7. The Morgan fingerprint density at radius 3 is 2.53 bits per heavy atom. The molecule has 1 saturated heterocycles. The first-order valence-corrected chi connectivity index (χ1v) is 10.2. The van der Waals surface area contributed by atoms with E-state index in [1.54, 1.807) is 16.9 Å². The second-order valence-corrected chi connectivity index (χ2v) is 7.13. The largest absolute Gasteiger partial charge is 0.494 e. The van der Waals surface area contributed by atoms with Gasteiger partial charge in [-0.1, -0.05) is 12.1 Å². The lowest BCUT2D eigenvalue weighted by molar-refractivity contribution is -0.132. The van der Waals surface area contributed by atoms with Gasteiger partial charge in [0.05, 0.1) is 13.0 Å². The third kappa shape index (κ3) is 4.94. The minimum absolute atomic E-state index is 0.0318. The lowest BCUT2D eigenvalue weighted by atomic mass is 10.1. The summed E-state index contributed by atoms with van der Waals surface area (Å²) < 4.78 is 13.0. The standard InChI is InChI=1S/C22H25N5O3/c1-2-29-18-6-4-17(5-7-18)16-22(28)26-14-10-19(11-15-26)30-21-9-8-20(24-25-21)27-13-3-12-23-27/h3-9,12-13,19H,2,10-11,14-16H2,1H3. The molecular formula is C22H25N5O3. The number of hydrogen-bond donors (Lipinski definition) is 0. The van der Waals surface area contributed by atoms with Crippen LogP contribution in [0.2, 0.25) is 0 Å². The Hall–Kier alpha value is -3.42. The van der Waals surface area contributed by atoms with Crippen LogP contribution in [0.15, 0.2) is 54.9 Å². The molecule has 8 nitrogen and oxygen atoms in total. The molecule has 1 aromatic carbocycles. The Morgan fingerprint density at radius 1 is 1.10 bits per heavy atom. The van der Waals surface area contributed by atoms with Crippen LogP contribution >= 0.6 is 0 Å². The molecule has 3 heterocycles. The van der Waals surface area contributed by atoms with Crippen molar-refractivity contribution in [2.24, 2.45) is 0 Å². The highest BCUT2D eigenvalue weighted by atomic mass is 16.5. The number of hydrogen-bond acceptors (Lipinski definition) is 6. The lowest BCUT2D eigenvalue weighted by Crippen LogP contribution is -2.42. The second-order valence-electron chi connectivity index (χ2n) is 7.13. The Bertz CT molecular complexity index is 934. The van der Waals surface area contributed by atoms with Crippen LogP contribution in [-0.4, -0.2) is 56.6 Å². The Balaban J connectivity index is 1.24. The zero-order valence-electron chi connectivity index (χ0n) is 17.0. The van der Waals surface area contributed by atoms with E-state index in [2.05, 4.69) is 15.3 Å². The second kappa shape index (κ2) is 9.39. The van der Waals surface area contributed by atoms with Crippen molar-refractivity contribution in [3.8, 4) is 17.4 Å². The van der Waals surface area contributed by atoms with Gasteiger partial charge in [-0.15, -0.1) is 10.2 Å². The van der Waals surface area contributed by atoms with Crippen LogP contribution in [0.3, 0.4) is 0 Å². The summed E-state index contributed by atoms with van der Waals surface area (Å²) in [6.07, 6.45) is 5.49. The number of amides is 1. The fraction of sp³-hybridized carbons (Fsp3) is 0.364. The maximum atomic E-state index is 12.6. The number of piperidine rings is 1. The summed E-state index contributed by atoms with van der Waals surface area (Å²) in [7, 11) is 0. The van der Waals surface area contributed by atoms with Gasteiger partial charge in [-0.25, -0.2) is 4.68 Å². The SMILES string of the molecule is CCOc1ccc(CC(=O)N2CCC(Oc3ccc(-n4cccn4)nn3)CC2)cc1. The molecule has 2 aromatic heterocycles. The quantitative estimate of drug-likeness (QED) is 0.599. The van der Waals surface area contributed by atoms with Gasteiger partial charge in [0, 0.05) is 44.4 Å². The normalized spacial score (nSPS) is 14.5. The van der Waals surface area contributed by atoms with E-state index < -0.39 is 0 Å². The summed E-state index contributed by atoms with van der Waals surface area (Å²) in [4.78, 5) is 14.5. The maximum absolute atomic E-state index is 12.6. The molecular weight excluding hydrogens is 382 g/mol. The number of aromatic nitrogens is 4. The molecule has 0 unspecified atom stereocenters. The highest BCUT2D eigenvalue weighted by Crippen LogP contribution is 2.19. The first-order valence-electron chi connectivity index (χ1n) is 10.2. The van der Waals surface area contributed by atoms with Crippen molar-refractivity contribution in [1.82, 2.24) is 24.9 Å². The molecule has 156 valence electrons. The highest BCUT2D eigenvalue weighted by molar-refractivity contribution is 5.78. The predicted octanol–water partition coefficient (Wildman–Crippen LogP) is 2.67. The van der Waals surface area contributed by atoms with Gasteiger partial charge < -0.3 is 14.4 Å². The smallest absolute Gasteiger partial charge is 0.233 e. The van der Waals surface area contributed by atoms with E-state index in [9.17, 15) is 4.79 Å². The zero-order valence-corrected chi connectivity index (χ0v) is 17.0. The fourth-order valence-electron chi connectivity index (χ4n) is 3.45. The third-order valence-electron chi connectivity index (χ3n) is 5.04. The van der Waals surface area contributed by atoms with Crippen LogP contribution in [0.1, 0.15) is 25.3 Å². The highest BCUT2D eigenvalue weighted by Gasteiger charge is 2.24. The van der Waals surface area contributed by atoms with Crippen molar-refractivity contribution < 1.29 is 14.3 Å². The van der Waals surface area contributed by atoms with Crippen LogP contribution in [0, 0.1) is 0 Å². The molecule has 1 aliphatic rings. The van der Waals surface area contributed by atoms with E-state index in [1.165, 1.54) is 0 Å². The minimum atomic E-state index is 0.0318. The van der Waals surface area contributed by atoms with E-state index in [1.807, 2.05) is 54.4 Å². The van der Waals surface area contributed by atoms with Crippen molar-refractivity contribution >= 4 is 5.91 Å². The Kier molecular flexibility index (Phi) is 6.22. The Labute approximate surface area is 175 Å². The molecule has 0 aliphatic carbocycles. The first kappa shape index (κ1) is 19.9. The monoisotopic (exact) mass is 407 g/mol. The summed E-state index contributed by atoms with van der Waals surface area (Å²) in [5.74, 6) is 2.10. The molecule has 1 fully saturated rings.